The van der Waals surface area contributed by atoms with E-state index in [2.05, 4.69) is 36.7 Å². The first kappa shape index (κ1) is 28.0. The molecule has 1 aliphatic heterocycles. The van der Waals surface area contributed by atoms with Crippen molar-refractivity contribution >= 4 is 35.8 Å². The van der Waals surface area contributed by atoms with Crippen molar-refractivity contribution in [1.82, 2.24) is 19.7 Å². The lowest BCUT2D eigenvalue weighted by molar-refractivity contribution is -0.107. The van der Waals surface area contributed by atoms with E-state index in [0.717, 1.165) is 41.4 Å². The van der Waals surface area contributed by atoms with Gasteiger partial charge in [-0.05, 0) is 25.5 Å². The molecule has 0 aliphatic carbocycles. The number of benzene rings is 1. The van der Waals surface area contributed by atoms with Crippen molar-refractivity contribution < 1.29 is 9.59 Å². The molecule has 0 amide bonds. The lowest BCUT2D eigenvalue weighted by atomic mass is 10.2. The van der Waals surface area contributed by atoms with Gasteiger partial charge in [-0.15, -0.1) is 16.9 Å². The molecule has 1 saturated heterocycles. The number of hydrogen-bond acceptors (Lipinski definition) is 9. The number of rotatable bonds is 9. The standard InChI is InChI=1S/C14H21N3OS.C10H9N3O.CH5N/c1-16(2)12-10-14(17-6-3-4-7-17)15-11-13(12)19-9-5-8-18;14-7-10-11-8-13(12-10)6-9-4-2-1-3-5-9;1-2/h8,10-11H,3-7,9H2,1-2H3;1-5,7-8H,6H2;2H2,1H3. The first-order valence-corrected chi connectivity index (χ1v) is 12.5. The predicted molar refractivity (Wildman–Crippen MR) is 142 cm³/mol. The van der Waals surface area contributed by atoms with Crippen molar-refractivity contribution in [2.45, 2.75) is 30.7 Å². The van der Waals surface area contributed by atoms with Crippen LogP contribution in [0, 0.1) is 0 Å². The first-order valence-electron chi connectivity index (χ1n) is 11.6. The summed E-state index contributed by atoms with van der Waals surface area (Å²) >= 11 is 1.70. The van der Waals surface area contributed by atoms with Gasteiger partial charge in [0.1, 0.15) is 18.4 Å². The molecule has 0 saturated carbocycles. The molecule has 9 nitrogen and oxygen atoms in total. The third-order valence-corrected chi connectivity index (χ3v) is 6.15. The summed E-state index contributed by atoms with van der Waals surface area (Å²) in [7, 11) is 5.60. The van der Waals surface area contributed by atoms with Gasteiger partial charge < -0.3 is 20.3 Å². The second kappa shape index (κ2) is 15.6. The number of nitrogens with zero attached hydrogens (tertiary/aromatic N) is 6. The predicted octanol–water partition coefficient (Wildman–Crippen LogP) is 3.14. The minimum atomic E-state index is 0.223. The van der Waals surface area contributed by atoms with Crippen molar-refractivity contribution in [3.05, 3.63) is 60.3 Å². The molecule has 2 aromatic heterocycles. The van der Waals surface area contributed by atoms with Crippen molar-refractivity contribution in [2.24, 2.45) is 5.73 Å². The van der Waals surface area contributed by atoms with E-state index in [9.17, 15) is 9.59 Å². The molecule has 0 bridgehead atoms. The van der Waals surface area contributed by atoms with Crippen LogP contribution in [-0.4, -0.2) is 72.3 Å². The van der Waals surface area contributed by atoms with Gasteiger partial charge in [-0.1, -0.05) is 30.3 Å². The molecule has 0 unspecified atom stereocenters. The Bertz CT molecular complexity index is 1020. The monoisotopic (exact) mass is 497 g/mol. The molecule has 3 heterocycles. The van der Waals surface area contributed by atoms with Gasteiger partial charge in [0.2, 0.25) is 5.82 Å². The molecule has 1 fully saturated rings. The smallest absolute Gasteiger partial charge is 0.213 e. The SMILES string of the molecule is CN.CN(C)c1cc(N2CCCC2)ncc1SCCC=O.O=Cc1ncn(Cc2ccccc2)n1. The van der Waals surface area contributed by atoms with Crippen molar-refractivity contribution in [3.8, 4) is 0 Å². The van der Waals surface area contributed by atoms with Crippen LogP contribution in [0.4, 0.5) is 11.5 Å². The second-order valence-corrected chi connectivity index (χ2v) is 8.94. The Balaban J connectivity index is 0.000000239. The Kier molecular flexibility index (Phi) is 12.5. The van der Waals surface area contributed by atoms with Gasteiger partial charge in [0, 0.05) is 56.5 Å². The molecule has 10 heteroatoms. The summed E-state index contributed by atoms with van der Waals surface area (Å²) in [6, 6.07) is 12.1. The number of aldehydes is 2. The van der Waals surface area contributed by atoms with Gasteiger partial charge in [0.25, 0.3) is 0 Å². The topological polar surface area (TPSA) is 110 Å². The lowest BCUT2D eigenvalue weighted by Crippen LogP contribution is -2.20. The van der Waals surface area contributed by atoms with E-state index >= 15 is 0 Å². The summed E-state index contributed by atoms with van der Waals surface area (Å²) in [4.78, 5) is 34.7. The molecular formula is C25H35N7O2S. The van der Waals surface area contributed by atoms with E-state index in [1.807, 2.05) is 50.6 Å². The van der Waals surface area contributed by atoms with Crippen molar-refractivity contribution in [3.63, 3.8) is 0 Å². The molecule has 35 heavy (non-hydrogen) atoms. The summed E-state index contributed by atoms with van der Waals surface area (Å²) in [5.74, 6) is 2.11. The van der Waals surface area contributed by atoms with E-state index in [1.54, 1.807) is 22.8 Å². The molecule has 4 rings (SSSR count). The van der Waals surface area contributed by atoms with Gasteiger partial charge in [-0.25, -0.2) is 14.6 Å². The Morgan fingerprint density at radius 1 is 1.09 bits per heavy atom. The Hall–Kier alpha value is -3.24. The minimum absolute atomic E-state index is 0.223. The molecule has 1 aliphatic rings. The van der Waals surface area contributed by atoms with Crippen molar-refractivity contribution in [2.75, 3.05) is 49.8 Å². The van der Waals surface area contributed by atoms with Gasteiger partial charge in [0.15, 0.2) is 6.29 Å². The highest BCUT2D eigenvalue weighted by Gasteiger charge is 2.16. The van der Waals surface area contributed by atoms with Crippen molar-refractivity contribution in [1.29, 1.82) is 0 Å². The molecule has 188 valence electrons. The van der Waals surface area contributed by atoms with Crippen LogP contribution in [0.15, 0.2) is 53.8 Å². The Morgan fingerprint density at radius 2 is 1.80 bits per heavy atom. The molecule has 1 aromatic carbocycles. The number of nitrogens with two attached hydrogens (primary N) is 1. The number of carbonyl (C=O) groups is 2. The summed E-state index contributed by atoms with van der Waals surface area (Å²) in [6.07, 6.45) is 8.21. The highest BCUT2D eigenvalue weighted by atomic mass is 32.2. The number of hydrogen-bond donors (Lipinski definition) is 1. The van der Waals surface area contributed by atoms with Crippen LogP contribution < -0.4 is 15.5 Å². The fourth-order valence-electron chi connectivity index (χ4n) is 3.43. The van der Waals surface area contributed by atoms with Crippen LogP contribution in [0.3, 0.4) is 0 Å². The minimum Gasteiger partial charge on any atom is -0.377 e. The number of anilines is 2. The third kappa shape index (κ3) is 9.14. The third-order valence-electron chi connectivity index (χ3n) is 5.08. The van der Waals surface area contributed by atoms with Gasteiger partial charge >= 0.3 is 0 Å². The maximum atomic E-state index is 10.4. The average molecular weight is 498 g/mol. The van der Waals surface area contributed by atoms with E-state index in [1.165, 1.54) is 25.6 Å². The number of carbonyl (C=O) groups excluding carboxylic acids is 2. The fourth-order valence-corrected chi connectivity index (χ4v) is 4.38. The number of thioether (sulfide) groups is 1. The molecule has 0 radical (unpaired) electrons. The van der Waals surface area contributed by atoms with E-state index in [4.69, 9.17) is 0 Å². The molecule has 2 N–H and O–H groups in total. The van der Waals surface area contributed by atoms with Crippen LogP contribution in [-0.2, 0) is 11.3 Å². The Morgan fingerprint density at radius 3 is 2.40 bits per heavy atom. The summed E-state index contributed by atoms with van der Waals surface area (Å²) in [5, 5.41) is 3.96. The summed E-state index contributed by atoms with van der Waals surface area (Å²) in [6.45, 7) is 2.86. The normalized spacial score (nSPS) is 12.2. The van der Waals surface area contributed by atoms with Gasteiger partial charge in [-0.2, -0.15) is 0 Å². The zero-order valence-corrected chi connectivity index (χ0v) is 21.5. The first-order chi connectivity index (χ1) is 17.1. The highest BCUT2D eigenvalue weighted by Crippen LogP contribution is 2.32. The fraction of sp³-hybridized carbons (Fsp3) is 0.400. The Labute approximate surface area is 211 Å². The zero-order chi connectivity index (χ0) is 25.5. The van der Waals surface area contributed by atoms with E-state index < -0.39 is 0 Å². The number of aromatic nitrogens is 4. The molecule has 3 aromatic rings. The molecule has 0 spiro atoms. The van der Waals surface area contributed by atoms with Crippen LogP contribution >= 0.6 is 11.8 Å². The zero-order valence-electron chi connectivity index (χ0n) is 20.7. The summed E-state index contributed by atoms with van der Waals surface area (Å²) in [5.41, 5.74) is 6.82. The average Bonchev–Trinajstić information content (AvgIpc) is 3.59. The maximum Gasteiger partial charge on any atom is 0.213 e. The van der Waals surface area contributed by atoms with Crippen LogP contribution in [0.1, 0.15) is 35.4 Å². The largest absolute Gasteiger partial charge is 0.377 e. The van der Waals surface area contributed by atoms with Gasteiger partial charge in [0.05, 0.1) is 12.2 Å². The summed E-state index contributed by atoms with van der Waals surface area (Å²) < 4.78 is 1.64. The van der Waals surface area contributed by atoms with Crippen LogP contribution in [0.5, 0.6) is 0 Å². The number of pyridine rings is 1. The second-order valence-electron chi connectivity index (χ2n) is 7.81. The van der Waals surface area contributed by atoms with Gasteiger partial charge in [-0.3, -0.25) is 4.79 Å². The highest BCUT2D eigenvalue weighted by molar-refractivity contribution is 7.99. The van der Waals surface area contributed by atoms with E-state index in [-0.39, 0.29) is 5.82 Å². The van der Waals surface area contributed by atoms with E-state index in [0.29, 0.717) is 19.3 Å². The van der Waals surface area contributed by atoms with Crippen LogP contribution in [0.2, 0.25) is 0 Å². The van der Waals surface area contributed by atoms with Crippen LogP contribution in [0.25, 0.3) is 0 Å². The maximum absolute atomic E-state index is 10.4. The quantitative estimate of drug-likeness (QED) is 0.271. The molecule has 0 atom stereocenters. The lowest BCUT2D eigenvalue weighted by Gasteiger charge is -2.22. The molecular weight excluding hydrogens is 462 g/mol.